The van der Waals surface area contributed by atoms with Gasteiger partial charge in [0.25, 0.3) is 0 Å². The van der Waals surface area contributed by atoms with Gasteiger partial charge in [-0.3, -0.25) is 4.90 Å². The summed E-state index contributed by atoms with van der Waals surface area (Å²) in [5, 5.41) is 5.83. The first kappa shape index (κ1) is 23.2. The highest BCUT2D eigenvalue weighted by Gasteiger charge is 2.26. The Morgan fingerprint density at radius 2 is 1.71 bits per heavy atom. The zero-order valence-electron chi connectivity index (χ0n) is 19.7. The minimum absolute atomic E-state index is 0.0729. The molecule has 34 heavy (non-hydrogen) atoms. The molecule has 0 radical (unpaired) electrons. The number of urea groups is 1. The van der Waals surface area contributed by atoms with Gasteiger partial charge in [-0.2, -0.15) is 0 Å². The first-order chi connectivity index (χ1) is 16.4. The van der Waals surface area contributed by atoms with Crippen molar-refractivity contribution in [1.82, 2.24) is 10.2 Å². The average Bonchev–Trinajstić information content (AvgIpc) is 3.00. The number of benzene rings is 3. The van der Waals surface area contributed by atoms with Crippen molar-refractivity contribution in [2.75, 3.05) is 26.6 Å². The molecule has 176 valence electrons. The number of para-hydroxylation sites is 1. The first-order valence-electron chi connectivity index (χ1n) is 11.0. The maximum Gasteiger partial charge on any atom is 0.321 e. The van der Waals surface area contributed by atoms with Crippen LogP contribution in [0.1, 0.15) is 23.6 Å². The third kappa shape index (κ3) is 4.55. The van der Waals surface area contributed by atoms with Gasteiger partial charge in [0.2, 0.25) is 0 Å². The molecule has 0 unspecified atom stereocenters. The predicted octanol–water partition coefficient (Wildman–Crippen LogP) is 5.56. The molecule has 2 N–H and O–H groups in total. The number of nitrogens with zero attached hydrogens (tertiary/aromatic N) is 1. The molecule has 0 saturated heterocycles. The molecule has 1 atom stereocenters. The molecular formula is C27H28FN3O3. The molecule has 3 aromatic rings. The molecule has 0 bridgehead atoms. The number of nitrogens with one attached hydrogen (secondary N) is 2. The van der Waals surface area contributed by atoms with E-state index in [0.717, 1.165) is 28.0 Å². The molecule has 1 aliphatic rings. The van der Waals surface area contributed by atoms with Crippen LogP contribution >= 0.6 is 0 Å². The van der Waals surface area contributed by atoms with Crippen molar-refractivity contribution in [2.45, 2.75) is 19.4 Å². The van der Waals surface area contributed by atoms with Crippen molar-refractivity contribution in [1.29, 1.82) is 0 Å². The van der Waals surface area contributed by atoms with Crippen LogP contribution in [0.5, 0.6) is 11.5 Å². The van der Waals surface area contributed by atoms with E-state index in [9.17, 15) is 9.18 Å². The Morgan fingerprint density at radius 1 is 1.03 bits per heavy atom. The van der Waals surface area contributed by atoms with E-state index >= 15 is 0 Å². The number of rotatable bonds is 5. The third-order valence-corrected chi connectivity index (χ3v) is 5.96. The highest BCUT2D eigenvalue weighted by atomic mass is 19.1. The zero-order valence-corrected chi connectivity index (χ0v) is 19.7. The molecule has 7 heteroatoms. The summed E-state index contributed by atoms with van der Waals surface area (Å²) in [5.41, 5.74) is 4.97. The van der Waals surface area contributed by atoms with Gasteiger partial charge in [-0.15, -0.1) is 0 Å². The number of anilines is 2. The lowest BCUT2D eigenvalue weighted by molar-refractivity contribution is 0.205. The van der Waals surface area contributed by atoms with Crippen LogP contribution < -0.4 is 20.1 Å². The molecule has 0 spiro atoms. The van der Waals surface area contributed by atoms with Crippen LogP contribution in [-0.4, -0.2) is 38.2 Å². The normalized spacial score (nSPS) is 15.0. The van der Waals surface area contributed by atoms with Crippen LogP contribution in [0.15, 0.2) is 66.9 Å². The summed E-state index contributed by atoms with van der Waals surface area (Å²) in [7, 11) is 4.84. The van der Waals surface area contributed by atoms with E-state index in [2.05, 4.69) is 10.6 Å². The number of amides is 2. The second kappa shape index (κ2) is 9.87. The summed E-state index contributed by atoms with van der Waals surface area (Å²) < 4.78 is 25.1. The number of hydrogen-bond donors (Lipinski definition) is 2. The topological polar surface area (TPSA) is 62.8 Å². The Bertz CT molecular complexity index is 1220. The van der Waals surface area contributed by atoms with Crippen LogP contribution in [-0.2, 0) is 6.42 Å². The van der Waals surface area contributed by atoms with Gasteiger partial charge >= 0.3 is 6.03 Å². The highest BCUT2D eigenvalue weighted by Crippen LogP contribution is 2.39. The highest BCUT2D eigenvalue weighted by molar-refractivity contribution is 5.87. The predicted molar refractivity (Wildman–Crippen MR) is 132 cm³/mol. The molecule has 3 aromatic carbocycles. The van der Waals surface area contributed by atoms with Gasteiger partial charge in [-0.05, 0) is 66.4 Å². The van der Waals surface area contributed by atoms with Crippen LogP contribution in [0.25, 0.3) is 5.57 Å². The van der Waals surface area contributed by atoms with E-state index in [1.165, 1.54) is 6.07 Å². The Morgan fingerprint density at radius 3 is 2.35 bits per heavy atom. The van der Waals surface area contributed by atoms with Crippen molar-refractivity contribution >= 4 is 23.0 Å². The monoisotopic (exact) mass is 461 g/mol. The molecule has 1 aliphatic heterocycles. The van der Waals surface area contributed by atoms with E-state index in [-0.39, 0.29) is 17.9 Å². The first-order valence-corrected chi connectivity index (χ1v) is 11.0. The lowest BCUT2D eigenvalue weighted by Gasteiger charge is -2.24. The summed E-state index contributed by atoms with van der Waals surface area (Å²) in [5.74, 6) is 0.944. The Hall–Kier alpha value is -4.00. The fourth-order valence-corrected chi connectivity index (χ4v) is 4.16. The van der Waals surface area contributed by atoms with Crippen molar-refractivity contribution in [2.24, 2.45) is 0 Å². The number of halogens is 1. The minimum atomic E-state index is -0.316. The molecule has 2 amide bonds. The maximum atomic E-state index is 14.0. The summed E-state index contributed by atoms with van der Waals surface area (Å²) in [6.07, 6.45) is 2.52. The van der Waals surface area contributed by atoms with E-state index in [0.29, 0.717) is 23.6 Å². The number of ether oxygens (including phenoxy) is 2. The number of hydrogen-bond acceptors (Lipinski definition) is 4. The van der Waals surface area contributed by atoms with Crippen molar-refractivity contribution in [3.05, 3.63) is 89.4 Å². The summed E-state index contributed by atoms with van der Waals surface area (Å²) in [4.78, 5) is 14.4. The Labute approximate surface area is 199 Å². The van der Waals surface area contributed by atoms with Crippen molar-refractivity contribution in [3.8, 4) is 11.5 Å². The van der Waals surface area contributed by atoms with Crippen LogP contribution in [0.3, 0.4) is 0 Å². The quantitative estimate of drug-likeness (QED) is 0.522. The molecule has 1 heterocycles. The van der Waals surface area contributed by atoms with Crippen LogP contribution in [0.2, 0.25) is 0 Å². The molecular weight excluding hydrogens is 433 g/mol. The SMILES string of the molecule is CNC(=O)N1C=C(c2ccc(Nc3ccccc3F)cc2)c2cc(OC)c(OC)cc2C[C@@H]1C. The fraction of sp³-hybridized carbons (Fsp3) is 0.222. The largest absolute Gasteiger partial charge is 0.493 e. The lowest BCUT2D eigenvalue weighted by Crippen LogP contribution is -2.40. The number of methoxy groups -OCH3 is 2. The van der Waals surface area contributed by atoms with E-state index in [1.54, 1.807) is 44.4 Å². The molecule has 0 fully saturated rings. The van der Waals surface area contributed by atoms with Gasteiger partial charge in [0.15, 0.2) is 11.5 Å². The summed E-state index contributed by atoms with van der Waals surface area (Å²) in [6.45, 7) is 2.01. The summed E-state index contributed by atoms with van der Waals surface area (Å²) in [6, 6.07) is 17.9. The molecule has 0 aromatic heterocycles. The Balaban J connectivity index is 1.78. The number of carbonyl (C=O) groups is 1. The number of fused-ring (bicyclic) bond motifs is 1. The van der Waals surface area contributed by atoms with E-state index in [1.807, 2.05) is 49.5 Å². The maximum absolute atomic E-state index is 14.0. The second-order valence-electron chi connectivity index (χ2n) is 8.10. The fourth-order valence-electron chi connectivity index (χ4n) is 4.16. The van der Waals surface area contributed by atoms with E-state index in [4.69, 9.17) is 9.47 Å². The molecule has 6 nitrogen and oxygen atoms in total. The minimum Gasteiger partial charge on any atom is -0.493 e. The zero-order chi connectivity index (χ0) is 24.2. The third-order valence-electron chi connectivity index (χ3n) is 5.96. The smallest absolute Gasteiger partial charge is 0.321 e. The van der Waals surface area contributed by atoms with Gasteiger partial charge in [0.05, 0.1) is 19.9 Å². The van der Waals surface area contributed by atoms with Gasteiger partial charge in [-0.1, -0.05) is 24.3 Å². The van der Waals surface area contributed by atoms with Gasteiger partial charge in [0.1, 0.15) is 5.82 Å². The number of carbonyl (C=O) groups excluding carboxylic acids is 1. The van der Waals surface area contributed by atoms with E-state index < -0.39 is 0 Å². The lowest BCUT2D eigenvalue weighted by atomic mass is 9.92. The van der Waals surface area contributed by atoms with Gasteiger partial charge < -0.3 is 20.1 Å². The Kier molecular flexibility index (Phi) is 6.72. The second-order valence-corrected chi connectivity index (χ2v) is 8.10. The van der Waals surface area contributed by atoms with Crippen molar-refractivity contribution < 1.29 is 18.7 Å². The van der Waals surface area contributed by atoms with Gasteiger partial charge in [-0.25, -0.2) is 9.18 Å². The molecule has 4 rings (SSSR count). The molecule has 0 saturated carbocycles. The van der Waals surface area contributed by atoms with Crippen molar-refractivity contribution in [3.63, 3.8) is 0 Å². The average molecular weight is 462 g/mol. The summed E-state index contributed by atoms with van der Waals surface area (Å²) >= 11 is 0. The van der Waals surface area contributed by atoms with Crippen LogP contribution in [0.4, 0.5) is 20.6 Å². The standard InChI is InChI=1S/C27H28FN3O3/c1-17-13-19-14-25(33-3)26(34-4)15-21(19)22(16-31(17)27(32)29-2)18-9-11-20(12-10-18)30-24-8-6-5-7-23(24)28/h5-12,14-17,30H,13H2,1-4H3,(H,29,32)/t17-/m0/s1. The van der Waals surface area contributed by atoms with Gasteiger partial charge in [0, 0.05) is 30.5 Å². The van der Waals surface area contributed by atoms with Crippen LogP contribution in [0, 0.1) is 5.82 Å². The molecule has 0 aliphatic carbocycles.